The number of halogens is 1. The number of amides is 1. The van der Waals surface area contributed by atoms with Crippen molar-refractivity contribution in [1.82, 2.24) is 14.9 Å². The van der Waals surface area contributed by atoms with Crippen LogP contribution in [0.5, 0.6) is 0 Å². The Bertz CT molecular complexity index is 1100. The third-order valence-electron chi connectivity index (χ3n) is 5.95. The normalized spacial score (nSPS) is 16.0. The highest BCUT2D eigenvalue weighted by atomic mass is 19.1. The number of hydrogen-bond acceptors (Lipinski definition) is 5. The summed E-state index contributed by atoms with van der Waals surface area (Å²) in [4.78, 5) is 26.7. The van der Waals surface area contributed by atoms with Crippen molar-refractivity contribution in [2.75, 3.05) is 32.6 Å². The van der Waals surface area contributed by atoms with Gasteiger partial charge in [0.05, 0.1) is 18.3 Å². The monoisotopic (exact) mass is 448 g/mol. The molecule has 2 aromatic carbocycles. The largest absolute Gasteiger partial charge is 0.380 e. The van der Waals surface area contributed by atoms with E-state index in [0.29, 0.717) is 24.7 Å². The number of ether oxygens (including phenoxy) is 1. The van der Waals surface area contributed by atoms with Crippen molar-refractivity contribution >= 4 is 11.9 Å². The summed E-state index contributed by atoms with van der Waals surface area (Å²) in [5, 5.41) is 0. The summed E-state index contributed by atoms with van der Waals surface area (Å²) in [6.07, 6.45) is 4.54. The van der Waals surface area contributed by atoms with Crippen LogP contribution in [-0.4, -0.2) is 48.5 Å². The highest BCUT2D eigenvalue weighted by molar-refractivity contribution is 5.94. The molecule has 1 fully saturated rings. The second kappa shape index (κ2) is 10.1. The van der Waals surface area contributed by atoms with E-state index in [-0.39, 0.29) is 17.8 Å². The highest BCUT2D eigenvalue weighted by Gasteiger charge is 2.32. The third-order valence-corrected chi connectivity index (χ3v) is 5.95. The number of likely N-dealkylation sites (tertiary alicyclic amines) is 1. The van der Waals surface area contributed by atoms with E-state index in [4.69, 9.17) is 9.72 Å². The lowest BCUT2D eigenvalue weighted by molar-refractivity contribution is 0.0606. The van der Waals surface area contributed by atoms with Gasteiger partial charge in [-0.3, -0.25) is 4.79 Å². The van der Waals surface area contributed by atoms with Gasteiger partial charge in [-0.1, -0.05) is 24.3 Å². The number of aromatic nitrogens is 2. The minimum Gasteiger partial charge on any atom is -0.380 e. The molecule has 1 saturated heterocycles. The summed E-state index contributed by atoms with van der Waals surface area (Å²) in [5.74, 6) is 0.272. The van der Waals surface area contributed by atoms with Crippen LogP contribution in [0.3, 0.4) is 0 Å². The molecule has 0 aliphatic carbocycles. The minimum absolute atomic E-state index is 0.0151. The van der Waals surface area contributed by atoms with Crippen molar-refractivity contribution in [3.8, 4) is 11.1 Å². The number of piperidine rings is 1. The first kappa shape index (κ1) is 22.9. The summed E-state index contributed by atoms with van der Waals surface area (Å²) in [5.41, 5.74) is 4.12. The van der Waals surface area contributed by atoms with E-state index < -0.39 is 0 Å². The zero-order valence-corrected chi connectivity index (χ0v) is 19.3. The zero-order valence-electron chi connectivity index (χ0n) is 19.3. The first-order valence-corrected chi connectivity index (χ1v) is 11.2. The molecule has 0 spiro atoms. The van der Waals surface area contributed by atoms with E-state index in [9.17, 15) is 9.18 Å². The van der Waals surface area contributed by atoms with Gasteiger partial charge in [0.1, 0.15) is 5.82 Å². The molecule has 0 saturated carbocycles. The fraction of sp³-hybridized carbons (Fsp3) is 0.346. The fourth-order valence-electron chi connectivity index (χ4n) is 4.24. The van der Waals surface area contributed by atoms with Crippen molar-refractivity contribution < 1.29 is 13.9 Å². The van der Waals surface area contributed by atoms with Gasteiger partial charge in [0.2, 0.25) is 5.95 Å². The number of anilines is 1. The maximum Gasteiger partial charge on any atom is 0.254 e. The molecular formula is C26H29FN4O2. The van der Waals surface area contributed by atoms with Crippen LogP contribution in [0.1, 0.15) is 46.9 Å². The Morgan fingerprint density at radius 2 is 1.85 bits per heavy atom. The second-order valence-corrected chi connectivity index (χ2v) is 8.51. The first-order chi connectivity index (χ1) is 16.0. The molecule has 1 aliphatic rings. The van der Waals surface area contributed by atoms with Crippen LogP contribution in [0.4, 0.5) is 10.3 Å². The van der Waals surface area contributed by atoms with Crippen molar-refractivity contribution in [3.05, 3.63) is 77.4 Å². The van der Waals surface area contributed by atoms with Crippen molar-refractivity contribution in [3.63, 3.8) is 0 Å². The summed E-state index contributed by atoms with van der Waals surface area (Å²) < 4.78 is 18.7. The van der Waals surface area contributed by atoms with Crippen molar-refractivity contribution in [2.24, 2.45) is 0 Å². The molecule has 33 heavy (non-hydrogen) atoms. The molecule has 1 amide bonds. The second-order valence-electron chi connectivity index (χ2n) is 8.51. The van der Waals surface area contributed by atoms with Gasteiger partial charge in [0.25, 0.3) is 5.91 Å². The Labute approximate surface area is 194 Å². The molecule has 0 bridgehead atoms. The molecule has 0 N–H and O–H groups in total. The van der Waals surface area contributed by atoms with E-state index in [1.165, 1.54) is 12.1 Å². The average molecular weight is 449 g/mol. The SMILES string of the molecule is COCc1ccc(C(=O)N2CCCCC2c2nc(N(C)C)ncc2-c2ccc(F)cc2)cc1. The Kier molecular flexibility index (Phi) is 6.99. The number of methoxy groups -OCH3 is 1. The third kappa shape index (κ3) is 5.03. The number of rotatable bonds is 6. The number of nitrogens with zero attached hydrogens (tertiary/aromatic N) is 4. The predicted molar refractivity (Wildman–Crippen MR) is 127 cm³/mol. The maximum atomic E-state index is 13.6. The molecule has 1 unspecified atom stereocenters. The number of hydrogen-bond donors (Lipinski definition) is 0. The topological polar surface area (TPSA) is 58.6 Å². The number of benzene rings is 2. The number of carbonyl (C=O) groups excluding carboxylic acids is 1. The van der Waals surface area contributed by atoms with E-state index in [0.717, 1.165) is 41.6 Å². The first-order valence-electron chi connectivity index (χ1n) is 11.2. The van der Waals surface area contributed by atoms with Crippen LogP contribution in [0, 0.1) is 5.82 Å². The van der Waals surface area contributed by atoms with Gasteiger partial charge >= 0.3 is 0 Å². The van der Waals surface area contributed by atoms with Gasteiger partial charge in [-0.15, -0.1) is 0 Å². The van der Waals surface area contributed by atoms with Crippen LogP contribution < -0.4 is 4.90 Å². The van der Waals surface area contributed by atoms with Gasteiger partial charge in [0, 0.05) is 45.1 Å². The van der Waals surface area contributed by atoms with E-state index in [1.807, 2.05) is 48.2 Å². The highest BCUT2D eigenvalue weighted by Crippen LogP contribution is 2.37. The van der Waals surface area contributed by atoms with Gasteiger partial charge in [0.15, 0.2) is 0 Å². The Morgan fingerprint density at radius 1 is 1.12 bits per heavy atom. The Morgan fingerprint density at radius 3 is 2.52 bits per heavy atom. The molecule has 7 heteroatoms. The van der Waals surface area contributed by atoms with Crippen molar-refractivity contribution in [1.29, 1.82) is 0 Å². The van der Waals surface area contributed by atoms with Crippen LogP contribution in [0.15, 0.2) is 54.7 Å². The summed E-state index contributed by atoms with van der Waals surface area (Å²) in [6, 6.07) is 13.7. The lowest BCUT2D eigenvalue weighted by Crippen LogP contribution is -2.39. The Hall–Kier alpha value is -3.32. The smallest absolute Gasteiger partial charge is 0.254 e. The lowest BCUT2D eigenvalue weighted by atomic mass is 9.93. The van der Waals surface area contributed by atoms with E-state index in [1.54, 1.807) is 25.4 Å². The maximum absolute atomic E-state index is 13.6. The molecular weight excluding hydrogens is 419 g/mol. The predicted octanol–water partition coefficient (Wildman–Crippen LogP) is 4.86. The summed E-state index contributed by atoms with van der Waals surface area (Å²) in [6.45, 7) is 1.17. The van der Waals surface area contributed by atoms with E-state index in [2.05, 4.69) is 4.98 Å². The standard InChI is InChI=1S/C26H29FN4O2/c1-30(2)26-28-16-22(19-11-13-21(27)14-12-19)24(29-26)23-6-4-5-15-31(23)25(32)20-9-7-18(8-10-20)17-33-3/h7-14,16,23H,4-6,15,17H2,1-3H3. The molecule has 3 aromatic rings. The molecule has 0 radical (unpaired) electrons. The fourth-order valence-corrected chi connectivity index (χ4v) is 4.24. The zero-order chi connectivity index (χ0) is 23.4. The molecule has 1 aliphatic heterocycles. The van der Waals surface area contributed by atoms with Gasteiger partial charge < -0.3 is 14.5 Å². The molecule has 1 atom stereocenters. The van der Waals surface area contributed by atoms with Crippen LogP contribution in [0.2, 0.25) is 0 Å². The molecule has 6 nitrogen and oxygen atoms in total. The average Bonchev–Trinajstić information content (AvgIpc) is 2.84. The van der Waals surface area contributed by atoms with Crippen LogP contribution in [0.25, 0.3) is 11.1 Å². The molecule has 2 heterocycles. The molecule has 172 valence electrons. The lowest BCUT2D eigenvalue weighted by Gasteiger charge is -2.36. The van der Waals surface area contributed by atoms with Gasteiger partial charge in [-0.05, 0) is 54.7 Å². The minimum atomic E-state index is -0.294. The number of carbonyl (C=O) groups is 1. The van der Waals surface area contributed by atoms with E-state index >= 15 is 0 Å². The Balaban J connectivity index is 1.73. The molecule has 1 aromatic heterocycles. The van der Waals surface area contributed by atoms with Gasteiger partial charge in [-0.25, -0.2) is 14.4 Å². The molecule has 4 rings (SSSR count). The summed E-state index contributed by atoms with van der Waals surface area (Å²) in [7, 11) is 5.43. The quantitative estimate of drug-likeness (QED) is 0.539. The van der Waals surface area contributed by atoms with Crippen LogP contribution in [-0.2, 0) is 11.3 Å². The van der Waals surface area contributed by atoms with Gasteiger partial charge in [-0.2, -0.15) is 0 Å². The van der Waals surface area contributed by atoms with Crippen LogP contribution >= 0.6 is 0 Å². The summed E-state index contributed by atoms with van der Waals surface area (Å²) >= 11 is 0. The van der Waals surface area contributed by atoms with Crippen molar-refractivity contribution in [2.45, 2.75) is 31.9 Å².